The number of pyridine rings is 1. The van der Waals surface area contributed by atoms with Crippen LogP contribution in [0.25, 0.3) is 11.2 Å². The first-order valence-electron chi connectivity index (χ1n) is 9.37. The van der Waals surface area contributed by atoms with Crippen molar-refractivity contribution >= 4 is 17.1 Å². The first-order valence-corrected chi connectivity index (χ1v) is 9.37. The van der Waals surface area contributed by atoms with Crippen LogP contribution < -0.4 is 0 Å². The second-order valence-corrected chi connectivity index (χ2v) is 7.21. The van der Waals surface area contributed by atoms with Gasteiger partial charge in [-0.05, 0) is 31.4 Å². The first-order chi connectivity index (χ1) is 12.3. The van der Waals surface area contributed by atoms with Crippen molar-refractivity contribution in [1.82, 2.24) is 19.4 Å². The zero-order chi connectivity index (χ0) is 17.2. The third kappa shape index (κ3) is 3.15. The second-order valence-electron chi connectivity index (χ2n) is 7.21. The number of fused-ring (bicyclic) bond motifs is 1. The number of rotatable bonds is 5. The van der Waals surface area contributed by atoms with E-state index in [1.165, 1.54) is 12.8 Å². The van der Waals surface area contributed by atoms with Gasteiger partial charge >= 0.3 is 0 Å². The maximum Gasteiger partial charge on any atom is 0.225 e. The lowest BCUT2D eigenvalue weighted by molar-refractivity contribution is -0.134. The van der Waals surface area contributed by atoms with Crippen molar-refractivity contribution < 1.29 is 9.53 Å². The van der Waals surface area contributed by atoms with Gasteiger partial charge in [-0.1, -0.05) is 12.8 Å². The molecule has 6 heteroatoms. The van der Waals surface area contributed by atoms with Crippen LogP contribution >= 0.6 is 0 Å². The normalized spacial score (nSPS) is 21.5. The van der Waals surface area contributed by atoms with Crippen molar-refractivity contribution in [2.24, 2.45) is 5.92 Å². The molecule has 4 rings (SSSR count). The Kier molecular flexibility index (Phi) is 4.70. The van der Waals surface area contributed by atoms with Gasteiger partial charge < -0.3 is 14.2 Å². The van der Waals surface area contributed by atoms with Gasteiger partial charge in [-0.3, -0.25) is 4.79 Å². The molecule has 0 N–H and O–H groups in total. The zero-order valence-corrected chi connectivity index (χ0v) is 14.9. The molecule has 0 bridgehead atoms. The summed E-state index contributed by atoms with van der Waals surface area (Å²) in [6, 6.07) is 3.93. The summed E-state index contributed by atoms with van der Waals surface area (Å²) in [5.74, 6) is 1.95. The first kappa shape index (κ1) is 16.5. The number of methoxy groups -OCH3 is 1. The van der Waals surface area contributed by atoms with E-state index in [-0.39, 0.29) is 11.8 Å². The maximum atomic E-state index is 12.7. The summed E-state index contributed by atoms with van der Waals surface area (Å²) >= 11 is 0. The fourth-order valence-electron chi connectivity index (χ4n) is 4.29. The molecule has 2 aromatic rings. The average Bonchev–Trinajstić information content (AvgIpc) is 3.38. The molecule has 134 valence electrons. The van der Waals surface area contributed by atoms with E-state index in [1.54, 1.807) is 7.11 Å². The summed E-state index contributed by atoms with van der Waals surface area (Å²) in [6.45, 7) is 3.01. The minimum atomic E-state index is 0.257. The number of hydrogen-bond acceptors (Lipinski definition) is 4. The minimum Gasteiger partial charge on any atom is -0.383 e. The second kappa shape index (κ2) is 7.12. The molecular formula is C19H26N4O2. The highest BCUT2D eigenvalue weighted by atomic mass is 16.5. The Morgan fingerprint density at radius 3 is 2.96 bits per heavy atom. The molecule has 2 aromatic heterocycles. The number of hydrogen-bond donors (Lipinski definition) is 0. The molecule has 0 spiro atoms. The van der Waals surface area contributed by atoms with Crippen molar-refractivity contribution in [3.05, 3.63) is 24.2 Å². The van der Waals surface area contributed by atoms with E-state index in [9.17, 15) is 4.79 Å². The number of imidazole rings is 1. The zero-order valence-electron chi connectivity index (χ0n) is 14.9. The van der Waals surface area contributed by atoms with Crippen LogP contribution in [0.2, 0.25) is 0 Å². The van der Waals surface area contributed by atoms with Gasteiger partial charge in [0.15, 0.2) is 5.65 Å². The van der Waals surface area contributed by atoms with Crippen LogP contribution in [0.5, 0.6) is 0 Å². The molecule has 1 atom stereocenters. The molecule has 6 nitrogen and oxygen atoms in total. The molecule has 1 saturated carbocycles. The van der Waals surface area contributed by atoms with Crippen LogP contribution in [0.15, 0.2) is 18.3 Å². The van der Waals surface area contributed by atoms with Crippen molar-refractivity contribution in [2.75, 3.05) is 26.8 Å². The van der Waals surface area contributed by atoms with Crippen LogP contribution in [-0.2, 0) is 16.1 Å². The lowest BCUT2D eigenvalue weighted by Gasteiger charge is -2.20. The highest BCUT2D eigenvalue weighted by Gasteiger charge is 2.34. The lowest BCUT2D eigenvalue weighted by atomic mass is 10.1. The Morgan fingerprint density at radius 2 is 2.16 bits per heavy atom. The van der Waals surface area contributed by atoms with Crippen molar-refractivity contribution in [3.8, 4) is 0 Å². The summed E-state index contributed by atoms with van der Waals surface area (Å²) in [7, 11) is 1.71. The van der Waals surface area contributed by atoms with E-state index in [4.69, 9.17) is 9.72 Å². The van der Waals surface area contributed by atoms with Crippen molar-refractivity contribution in [1.29, 1.82) is 0 Å². The molecular weight excluding hydrogens is 316 g/mol. The Morgan fingerprint density at radius 1 is 1.32 bits per heavy atom. The molecule has 25 heavy (non-hydrogen) atoms. The number of carbonyl (C=O) groups excluding carboxylic acids is 1. The Hall–Kier alpha value is -1.95. The summed E-state index contributed by atoms with van der Waals surface area (Å²) in [6.07, 6.45) is 7.32. The molecule has 2 aliphatic rings. The van der Waals surface area contributed by atoms with Crippen molar-refractivity contribution in [2.45, 2.75) is 44.6 Å². The van der Waals surface area contributed by atoms with Crippen molar-refractivity contribution in [3.63, 3.8) is 0 Å². The van der Waals surface area contributed by atoms with Gasteiger partial charge in [-0.25, -0.2) is 9.97 Å². The minimum absolute atomic E-state index is 0.257. The summed E-state index contributed by atoms with van der Waals surface area (Å²) in [4.78, 5) is 24.1. The van der Waals surface area contributed by atoms with E-state index in [2.05, 4.69) is 14.5 Å². The summed E-state index contributed by atoms with van der Waals surface area (Å²) < 4.78 is 7.44. The topological polar surface area (TPSA) is 60.2 Å². The van der Waals surface area contributed by atoms with Gasteiger partial charge in [0.05, 0.1) is 6.61 Å². The Balaban J connectivity index is 1.56. The smallest absolute Gasteiger partial charge is 0.225 e. The SMILES string of the molecule is COCCn1c([C@H]2CCN(C(=O)C3CCCC3)C2)nc2cccnc21. The van der Waals surface area contributed by atoms with Crippen LogP contribution in [0.1, 0.15) is 43.8 Å². The highest BCUT2D eigenvalue weighted by Crippen LogP contribution is 2.32. The maximum absolute atomic E-state index is 12.7. The summed E-state index contributed by atoms with van der Waals surface area (Å²) in [5.41, 5.74) is 1.84. The fraction of sp³-hybridized carbons (Fsp3) is 0.632. The van der Waals surface area contributed by atoms with Gasteiger partial charge in [-0.2, -0.15) is 0 Å². The van der Waals surface area contributed by atoms with E-state index in [0.29, 0.717) is 12.5 Å². The summed E-state index contributed by atoms with van der Waals surface area (Å²) in [5, 5.41) is 0. The average molecular weight is 342 g/mol. The third-order valence-electron chi connectivity index (χ3n) is 5.62. The Bertz CT molecular complexity index is 751. The van der Waals surface area contributed by atoms with Gasteiger partial charge in [0.25, 0.3) is 0 Å². The van der Waals surface area contributed by atoms with E-state index in [1.807, 2.05) is 18.3 Å². The molecule has 2 fully saturated rings. The molecule has 0 aromatic carbocycles. The largest absolute Gasteiger partial charge is 0.383 e. The molecule has 1 amide bonds. The number of nitrogens with zero attached hydrogens (tertiary/aromatic N) is 4. The predicted molar refractivity (Wildman–Crippen MR) is 95.3 cm³/mol. The fourth-order valence-corrected chi connectivity index (χ4v) is 4.29. The monoisotopic (exact) mass is 342 g/mol. The number of likely N-dealkylation sites (tertiary alicyclic amines) is 1. The molecule has 0 unspecified atom stereocenters. The molecule has 1 aliphatic carbocycles. The van der Waals surface area contributed by atoms with Crippen LogP contribution in [0.3, 0.4) is 0 Å². The van der Waals surface area contributed by atoms with Gasteiger partial charge in [0, 0.05) is 44.8 Å². The number of aromatic nitrogens is 3. The van der Waals surface area contributed by atoms with Gasteiger partial charge in [0.2, 0.25) is 5.91 Å². The number of amides is 1. The quantitative estimate of drug-likeness (QED) is 0.838. The lowest BCUT2D eigenvalue weighted by Crippen LogP contribution is -2.33. The van der Waals surface area contributed by atoms with E-state index >= 15 is 0 Å². The number of ether oxygens (including phenoxy) is 1. The van der Waals surface area contributed by atoms with E-state index in [0.717, 1.165) is 55.9 Å². The third-order valence-corrected chi connectivity index (χ3v) is 5.62. The van der Waals surface area contributed by atoms with Crippen LogP contribution in [-0.4, -0.2) is 52.1 Å². The molecule has 1 aliphatic heterocycles. The highest BCUT2D eigenvalue weighted by molar-refractivity contribution is 5.79. The van der Waals surface area contributed by atoms with Crippen LogP contribution in [0.4, 0.5) is 0 Å². The Labute approximate surface area is 148 Å². The van der Waals surface area contributed by atoms with Gasteiger partial charge in [-0.15, -0.1) is 0 Å². The van der Waals surface area contributed by atoms with Crippen LogP contribution in [0, 0.1) is 5.92 Å². The standard InChI is InChI=1S/C19H26N4O2/c1-25-12-11-23-17(21-16-7-4-9-20-18(16)23)15-8-10-22(13-15)19(24)14-5-2-3-6-14/h4,7,9,14-15H,2-3,5-6,8,10-13H2,1H3/t15-/m0/s1. The number of carbonyl (C=O) groups is 1. The van der Waals surface area contributed by atoms with E-state index < -0.39 is 0 Å². The van der Waals surface area contributed by atoms with Gasteiger partial charge in [0.1, 0.15) is 11.3 Å². The molecule has 0 radical (unpaired) electrons. The molecule has 3 heterocycles. The molecule has 1 saturated heterocycles. The predicted octanol–water partition coefficient (Wildman–Crippen LogP) is 2.58.